The van der Waals surface area contributed by atoms with Gasteiger partial charge in [0.15, 0.2) is 5.13 Å². The SMILES string of the molecule is CC(C)CC(C)N(C)c1nc(C2CC2)c(CN)s1. The largest absolute Gasteiger partial charge is 0.348 e. The fourth-order valence-corrected chi connectivity index (χ4v) is 3.44. The molecule has 4 heteroatoms. The molecule has 1 saturated carbocycles. The van der Waals surface area contributed by atoms with Crippen molar-refractivity contribution < 1.29 is 0 Å². The van der Waals surface area contributed by atoms with Crippen molar-refractivity contribution in [1.82, 2.24) is 4.98 Å². The molecule has 3 nitrogen and oxygen atoms in total. The molecule has 1 aromatic rings. The van der Waals surface area contributed by atoms with Crippen LogP contribution < -0.4 is 10.6 Å². The van der Waals surface area contributed by atoms with E-state index >= 15 is 0 Å². The van der Waals surface area contributed by atoms with Crippen molar-refractivity contribution in [3.63, 3.8) is 0 Å². The van der Waals surface area contributed by atoms with Crippen LogP contribution in [0.4, 0.5) is 5.13 Å². The molecule has 1 aliphatic carbocycles. The molecule has 0 bridgehead atoms. The van der Waals surface area contributed by atoms with E-state index in [0.717, 1.165) is 11.0 Å². The quantitative estimate of drug-likeness (QED) is 0.859. The molecular formula is C14H25N3S. The minimum absolute atomic E-state index is 0.536. The first-order valence-electron chi connectivity index (χ1n) is 6.95. The van der Waals surface area contributed by atoms with Crippen LogP contribution in [0.1, 0.15) is 56.5 Å². The van der Waals surface area contributed by atoms with Gasteiger partial charge in [0.25, 0.3) is 0 Å². The minimum atomic E-state index is 0.536. The lowest BCUT2D eigenvalue weighted by molar-refractivity contribution is 0.503. The van der Waals surface area contributed by atoms with Gasteiger partial charge < -0.3 is 10.6 Å². The summed E-state index contributed by atoms with van der Waals surface area (Å²) in [6.45, 7) is 7.45. The van der Waals surface area contributed by atoms with Gasteiger partial charge in [-0.3, -0.25) is 0 Å². The fourth-order valence-electron chi connectivity index (χ4n) is 2.35. The second kappa shape index (κ2) is 5.57. The lowest BCUT2D eigenvalue weighted by Gasteiger charge is -2.25. The molecule has 2 N–H and O–H groups in total. The minimum Gasteiger partial charge on any atom is -0.348 e. The van der Waals surface area contributed by atoms with E-state index in [1.807, 2.05) is 0 Å². The second-order valence-electron chi connectivity index (χ2n) is 5.87. The topological polar surface area (TPSA) is 42.2 Å². The van der Waals surface area contributed by atoms with Gasteiger partial charge in [-0.2, -0.15) is 0 Å². The Morgan fingerprint density at radius 3 is 2.56 bits per heavy atom. The van der Waals surface area contributed by atoms with Crippen molar-refractivity contribution >= 4 is 16.5 Å². The summed E-state index contributed by atoms with van der Waals surface area (Å²) in [5.41, 5.74) is 7.12. The van der Waals surface area contributed by atoms with E-state index in [2.05, 4.69) is 32.7 Å². The van der Waals surface area contributed by atoms with Gasteiger partial charge in [-0.05, 0) is 32.1 Å². The zero-order valence-corrected chi connectivity index (χ0v) is 12.8. The third-order valence-corrected chi connectivity index (χ3v) is 4.83. The molecule has 0 radical (unpaired) electrons. The van der Waals surface area contributed by atoms with Crippen molar-refractivity contribution in [2.45, 2.75) is 58.5 Å². The summed E-state index contributed by atoms with van der Waals surface area (Å²) in [5, 5.41) is 1.14. The Morgan fingerprint density at radius 2 is 2.06 bits per heavy atom. The van der Waals surface area contributed by atoms with Crippen LogP contribution in [0.3, 0.4) is 0 Å². The van der Waals surface area contributed by atoms with Gasteiger partial charge in [0.2, 0.25) is 0 Å². The van der Waals surface area contributed by atoms with Crippen molar-refractivity contribution in [1.29, 1.82) is 0 Å². The Labute approximate surface area is 114 Å². The maximum Gasteiger partial charge on any atom is 0.185 e. The molecule has 1 fully saturated rings. The number of hydrogen-bond acceptors (Lipinski definition) is 4. The summed E-state index contributed by atoms with van der Waals surface area (Å²) >= 11 is 1.78. The predicted octanol–water partition coefficient (Wildman–Crippen LogP) is 3.35. The van der Waals surface area contributed by atoms with E-state index in [0.29, 0.717) is 18.5 Å². The summed E-state index contributed by atoms with van der Waals surface area (Å²) in [6, 6.07) is 0.536. The number of aromatic nitrogens is 1. The van der Waals surface area contributed by atoms with Gasteiger partial charge in [-0.25, -0.2) is 4.98 Å². The number of thiazole rings is 1. The first kappa shape index (κ1) is 13.8. The Kier molecular flexibility index (Phi) is 4.28. The highest BCUT2D eigenvalue weighted by molar-refractivity contribution is 7.15. The molecule has 2 rings (SSSR count). The van der Waals surface area contributed by atoms with E-state index < -0.39 is 0 Å². The molecule has 1 aromatic heterocycles. The second-order valence-corrected chi connectivity index (χ2v) is 6.93. The molecule has 1 unspecified atom stereocenters. The monoisotopic (exact) mass is 267 g/mol. The molecular weight excluding hydrogens is 242 g/mol. The molecule has 18 heavy (non-hydrogen) atoms. The van der Waals surface area contributed by atoms with E-state index in [1.54, 1.807) is 11.3 Å². The van der Waals surface area contributed by atoms with E-state index in [-0.39, 0.29) is 0 Å². The average molecular weight is 267 g/mol. The molecule has 0 spiro atoms. The van der Waals surface area contributed by atoms with Crippen LogP contribution in [-0.4, -0.2) is 18.1 Å². The number of rotatable bonds is 6. The van der Waals surface area contributed by atoms with Crippen molar-refractivity contribution in [2.75, 3.05) is 11.9 Å². The Balaban J connectivity index is 2.12. The van der Waals surface area contributed by atoms with E-state index in [1.165, 1.54) is 29.8 Å². The van der Waals surface area contributed by atoms with Gasteiger partial charge in [0, 0.05) is 30.4 Å². The predicted molar refractivity (Wildman–Crippen MR) is 79.3 cm³/mol. The average Bonchev–Trinajstić information content (AvgIpc) is 3.07. The van der Waals surface area contributed by atoms with Crippen LogP contribution in [-0.2, 0) is 6.54 Å². The van der Waals surface area contributed by atoms with E-state index in [4.69, 9.17) is 10.7 Å². The Hall–Kier alpha value is -0.610. The molecule has 0 amide bonds. The van der Waals surface area contributed by atoms with E-state index in [9.17, 15) is 0 Å². The maximum absolute atomic E-state index is 5.84. The number of hydrogen-bond donors (Lipinski definition) is 1. The van der Waals surface area contributed by atoms with Crippen molar-refractivity contribution in [2.24, 2.45) is 11.7 Å². The van der Waals surface area contributed by atoms with Gasteiger partial charge in [-0.15, -0.1) is 11.3 Å². The van der Waals surface area contributed by atoms with Gasteiger partial charge in [-0.1, -0.05) is 13.8 Å². The molecule has 102 valence electrons. The first-order valence-corrected chi connectivity index (χ1v) is 7.77. The van der Waals surface area contributed by atoms with Gasteiger partial charge >= 0.3 is 0 Å². The lowest BCUT2D eigenvalue weighted by Crippen LogP contribution is -2.29. The Morgan fingerprint density at radius 1 is 1.39 bits per heavy atom. The third-order valence-electron chi connectivity index (χ3n) is 3.64. The van der Waals surface area contributed by atoms with Crippen molar-refractivity contribution in [3.05, 3.63) is 10.6 Å². The zero-order chi connectivity index (χ0) is 13.3. The zero-order valence-electron chi connectivity index (χ0n) is 11.9. The summed E-state index contributed by atoms with van der Waals surface area (Å²) < 4.78 is 0. The van der Waals surface area contributed by atoms with Gasteiger partial charge in [0.1, 0.15) is 0 Å². The summed E-state index contributed by atoms with van der Waals surface area (Å²) in [6.07, 6.45) is 3.79. The van der Waals surface area contributed by atoms with Crippen LogP contribution in [0.25, 0.3) is 0 Å². The van der Waals surface area contributed by atoms with Crippen molar-refractivity contribution in [3.8, 4) is 0 Å². The molecule has 0 aliphatic heterocycles. The number of nitrogens with two attached hydrogens (primary N) is 1. The van der Waals surface area contributed by atoms with Crippen LogP contribution >= 0.6 is 11.3 Å². The summed E-state index contributed by atoms with van der Waals surface area (Å²) in [7, 11) is 2.16. The molecule has 0 aromatic carbocycles. The normalized spacial score (nSPS) is 17.2. The number of anilines is 1. The van der Waals surface area contributed by atoms with Gasteiger partial charge in [0.05, 0.1) is 5.69 Å². The first-order chi connectivity index (χ1) is 8.52. The highest BCUT2D eigenvalue weighted by Gasteiger charge is 2.30. The standard InChI is InChI=1S/C14H25N3S/c1-9(2)7-10(3)17(4)14-16-13(11-5-6-11)12(8-15)18-14/h9-11H,5-8,15H2,1-4H3. The van der Waals surface area contributed by atoms with Crippen LogP contribution in [0, 0.1) is 5.92 Å². The summed E-state index contributed by atoms with van der Waals surface area (Å²) in [5.74, 6) is 1.42. The molecule has 1 atom stereocenters. The number of nitrogens with zero attached hydrogens (tertiary/aromatic N) is 2. The van der Waals surface area contributed by atoms with Crippen LogP contribution in [0.15, 0.2) is 0 Å². The van der Waals surface area contributed by atoms with Crippen LogP contribution in [0.2, 0.25) is 0 Å². The lowest BCUT2D eigenvalue weighted by atomic mass is 10.0. The highest BCUT2D eigenvalue weighted by atomic mass is 32.1. The Bertz CT molecular complexity index is 396. The smallest absolute Gasteiger partial charge is 0.185 e. The molecule has 1 aliphatic rings. The third kappa shape index (κ3) is 3.04. The highest BCUT2D eigenvalue weighted by Crippen LogP contribution is 2.44. The summed E-state index contributed by atoms with van der Waals surface area (Å²) in [4.78, 5) is 8.44. The van der Waals surface area contributed by atoms with Crippen LogP contribution in [0.5, 0.6) is 0 Å². The maximum atomic E-state index is 5.84. The molecule has 0 saturated heterocycles. The molecule has 1 heterocycles. The fraction of sp³-hybridized carbons (Fsp3) is 0.786.